The first-order valence-corrected chi connectivity index (χ1v) is 3.72. The summed E-state index contributed by atoms with van der Waals surface area (Å²) in [4.78, 5) is 11.0. The van der Waals surface area contributed by atoms with Crippen molar-refractivity contribution in [1.82, 2.24) is 15.1 Å². The van der Waals surface area contributed by atoms with Gasteiger partial charge >= 0.3 is 0 Å². The van der Waals surface area contributed by atoms with E-state index < -0.39 is 0 Å². The van der Waals surface area contributed by atoms with Crippen molar-refractivity contribution in [3.63, 3.8) is 0 Å². The average molecular weight is 205 g/mol. The van der Waals surface area contributed by atoms with E-state index >= 15 is 0 Å². The molecule has 0 aliphatic rings. The summed E-state index contributed by atoms with van der Waals surface area (Å²) in [6, 6.07) is 0. The molecule has 0 saturated carbocycles. The Kier molecular flexibility index (Phi) is 5.10. The van der Waals surface area contributed by atoms with Gasteiger partial charge in [-0.2, -0.15) is 5.10 Å². The van der Waals surface area contributed by atoms with Crippen LogP contribution < -0.4 is 11.1 Å². The van der Waals surface area contributed by atoms with Crippen molar-refractivity contribution in [2.75, 3.05) is 13.6 Å². The Balaban J connectivity index is 0.00000144. The first-order chi connectivity index (χ1) is 5.77. The number of hydrogen-bond acceptors (Lipinski definition) is 3. The Hall–Kier alpha value is -1.07. The number of hydrogen-bond donors (Lipinski definition) is 2. The molecule has 0 atom stereocenters. The molecule has 1 amide bonds. The number of nitrogens with zero attached hydrogens (tertiary/aromatic N) is 2. The van der Waals surface area contributed by atoms with Crippen LogP contribution in [-0.4, -0.2) is 29.3 Å². The van der Waals surface area contributed by atoms with Gasteiger partial charge in [0.2, 0.25) is 0 Å². The van der Waals surface area contributed by atoms with Crippen LogP contribution in [0, 0.1) is 0 Å². The lowest BCUT2D eigenvalue weighted by atomic mass is 10.3. The van der Waals surface area contributed by atoms with Crippen molar-refractivity contribution >= 4 is 18.3 Å². The molecular formula is C7H13ClN4O. The predicted molar refractivity (Wildman–Crippen MR) is 51.9 cm³/mol. The minimum atomic E-state index is -0.127. The van der Waals surface area contributed by atoms with Crippen molar-refractivity contribution in [3.05, 3.63) is 18.0 Å². The van der Waals surface area contributed by atoms with Gasteiger partial charge in [-0.1, -0.05) is 0 Å². The van der Waals surface area contributed by atoms with Crippen molar-refractivity contribution < 1.29 is 4.79 Å². The van der Waals surface area contributed by atoms with E-state index in [0.717, 1.165) is 0 Å². The summed E-state index contributed by atoms with van der Waals surface area (Å²) in [5.74, 6) is -0.127. The highest BCUT2D eigenvalue weighted by Gasteiger charge is 2.04. The third-order valence-electron chi connectivity index (χ3n) is 1.48. The van der Waals surface area contributed by atoms with E-state index in [1.807, 2.05) is 0 Å². The van der Waals surface area contributed by atoms with E-state index in [0.29, 0.717) is 18.7 Å². The van der Waals surface area contributed by atoms with E-state index in [4.69, 9.17) is 5.73 Å². The first-order valence-electron chi connectivity index (χ1n) is 3.72. The van der Waals surface area contributed by atoms with Crippen LogP contribution in [0.4, 0.5) is 0 Å². The Bertz CT molecular complexity index is 273. The maximum Gasteiger partial charge on any atom is 0.254 e. The zero-order chi connectivity index (χ0) is 8.97. The molecule has 74 valence electrons. The molecule has 0 saturated heterocycles. The highest BCUT2D eigenvalue weighted by atomic mass is 35.5. The van der Waals surface area contributed by atoms with E-state index in [1.165, 1.54) is 6.20 Å². The van der Waals surface area contributed by atoms with Gasteiger partial charge in [0.1, 0.15) is 0 Å². The zero-order valence-corrected chi connectivity index (χ0v) is 8.17. The monoisotopic (exact) mass is 204 g/mol. The van der Waals surface area contributed by atoms with Crippen molar-refractivity contribution in [1.29, 1.82) is 0 Å². The van der Waals surface area contributed by atoms with Gasteiger partial charge in [-0.3, -0.25) is 9.48 Å². The topological polar surface area (TPSA) is 72.9 Å². The van der Waals surface area contributed by atoms with Crippen LogP contribution >= 0.6 is 12.4 Å². The number of aromatic nitrogens is 2. The molecule has 0 spiro atoms. The van der Waals surface area contributed by atoms with Gasteiger partial charge in [-0.25, -0.2) is 0 Å². The van der Waals surface area contributed by atoms with E-state index in [-0.39, 0.29) is 18.3 Å². The number of carbonyl (C=O) groups is 1. The second-order valence-electron chi connectivity index (χ2n) is 2.36. The minimum absolute atomic E-state index is 0. The highest BCUT2D eigenvalue weighted by molar-refractivity contribution is 5.93. The van der Waals surface area contributed by atoms with Crippen LogP contribution in [0.25, 0.3) is 0 Å². The summed E-state index contributed by atoms with van der Waals surface area (Å²) in [6.45, 7) is 1.16. The quantitative estimate of drug-likeness (QED) is 0.705. The number of carbonyl (C=O) groups excluding carboxylic acids is 1. The molecule has 1 aromatic rings. The minimum Gasteiger partial charge on any atom is -0.355 e. The van der Waals surface area contributed by atoms with E-state index in [9.17, 15) is 4.79 Å². The molecule has 6 heteroatoms. The Morgan fingerprint density at radius 1 is 1.77 bits per heavy atom. The Labute approximate surface area is 82.7 Å². The molecule has 0 fully saturated rings. The molecule has 5 nitrogen and oxygen atoms in total. The number of amides is 1. The number of nitrogens with two attached hydrogens (primary N) is 1. The summed E-state index contributed by atoms with van der Waals surface area (Å²) >= 11 is 0. The fourth-order valence-corrected chi connectivity index (χ4v) is 0.880. The van der Waals surface area contributed by atoms with Gasteiger partial charge in [-0.15, -0.1) is 12.4 Å². The van der Waals surface area contributed by atoms with Crippen LogP contribution in [-0.2, 0) is 6.54 Å². The summed E-state index contributed by atoms with van der Waals surface area (Å²) in [7, 11) is 1.59. The molecule has 1 heterocycles. The molecule has 1 rings (SSSR count). The SMILES string of the molecule is CNC(=O)c1cnn(CCN)c1.Cl. The maximum atomic E-state index is 11.0. The standard InChI is InChI=1S/C7H12N4O.ClH/c1-9-7(12)6-4-10-11(5-6)3-2-8;/h4-5H,2-3,8H2,1H3,(H,9,12);1H. The van der Waals surface area contributed by atoms with E-state index in [2.05, 4.69) is 10.4 Å². The van der Waals surface area contributed by atoms with Crippen LogP contribution in [0.15, 0.2) is 12.4 Å². The molecule has 0 aromatic carbocycles. The summed E-state index contributed by atoms with van der Waals surface area (Å²) in [6.07, 6.45) is 3.19. The second-order valence-corrected chi connectivity index (χ2v) is 2.36. The number of nitrogens with one attached hydrogen (secondary N) is 1. The molecule has 0 aliphatic carbocycles. The molecule has 0 bridgehead atoms. The molecule has 3 N–H and O–H groups in total. The molecule has 0 aliphatic heterocycles. The lowest BCUT2D eigenvalue weighted by Gasteiger charge is -1.95. The predicted octanol–water partition coefficient (Wildman–Crippen LogP) is -0.377. The van der Waals surface area contributed by atoms with Gasteiger partial charge in [0.15, 0.2) is 0 Å². The maximum absolute atomic E-state index is 11.0. The van der Waals surface area contributed by atoms with Crippen LogP contribution in [0.3, 0.4) is 0 Å². The van der Waals surface area contributed by atoms with Crippen molar-refractivity contribution in [2.24, 2.45) is 5.73 Å². The smallest absolute Gasteiger partial charge is 0.254 e. The molecule has 0 unspecified atom stereocenters. The number of halogens is 1. The zero-order valence-electron chi connectivity index (χ0n) is 7.36. The number of rotatable bonds is 3. The fraction of sp³-hybridized carbons (Fsp3) is 0.429. The molecule has 13 heavy (non-hydrogen) atoms. The normalized spacial score (nSPS) is 9.08. The Morgan fingerprint density at radius 2 is 2.46 bits per heavy atom. The van der Waals surface area contributed by atoms with Gasteiger partial charge < -0.3 is 11.1 Å². The summed E-state index contributed by atoms with van der Waals surface area (Å²) in [5, 5.41) is 6.46. The van der Waals surface area contributed by atoms with Crippen molar-refractivity contribution in [3.8, 4) is 0 Å². The molecule has 1 aromatic heterocycles. The van der Waals surface area contributed by atoms with Gasteiger partial charge in [0.05, 0.1) is 18.3 Å². The summed E-state index contributed by atoms with van der Waals surface area (Å²) in [5.41, 5.74) is 5.88. The largest absolute Gasteiger partial charge is 0.355 e. The van der Waals surface area contributed by atoms with Crippen LogP contribution in [0.2, 0.25) is 0 Å². The van der Waals surface area contributed by atoms with Crippen LogP contribution in [0.5, 0.6) is 0 Å². The third kappa shape index (κ3) is 3.04. The second kappa shape index (κ2) is 5.55. The highest BCUT2D eigenvalue weighted by Crippen LogP contribution is 1.96. The van der Waals surface area contributed by atoms with Crippen LogP contribution in [0.1, 0.15) is 10.4 Å². The van der Waals surface area contributed by atoms with E-state index in [1.54, 1.807) is 17.9 Å². The fourth-order valence-electron chi connectivity index (χ4n) is 0.880. The Morgan fingerprint density at radius 3 is 3.00 bits per heavy atom. The van der Waals surface area contributed by atoms with Gasteiger partial charge in [0.25, 0.3) is 5.91 Å². The first kappa shape index (κ1) is 11.9. The average Bonchev–Trinajstić information content (AvgIpc) is 2.52. The van der Waals surface area contributed by atoms with Gasteiger partial charge in [0, 0.05) is 19.8 Å². The lowest BCUT2D eigenvalue weighted by Crippen LogP contribution is -2.17. The summed E-state index contributed by atoms with van der Waals surface area (Å²) < 4.78 is 1.64. The molecular weight excluding hydrogens is 192 g/mol. The van der Waals surface area contributed by atoms with Crippen molar-refractivity contribution in [2.45, 2.75) is 6.54 Å². The lowest BCUT2D eigenvalue weighted by molar-refractivity contribution is 0.0963. The molecule has 0 radical (unpaired) electrons. The third-order valence-corrected chi connectivity index (χ3v) is 1.48. The van der Waals surface area contributed by atoms with Gasteiger partial charge in [-0.05, 0) is 0 Å².